The van der Waals surface area contributed by atoms with Gasteiger partial charge in [0.2, 0.25) is 0 Å². The van der Waals surface area contributed by atoms with Gasteiger partial charge in [0.15, 0.2) is 0 Å². The van der Waals surface area contributed by atoms with Crippen molar-refractivity contribution in [2.45, 2.75) is 19.8 Å². The number of carbonyl (C=O) groups is 2. The summed E-state index contributed by atoms with van der Waals surface area (Å²) in [6, 6.07) is 12.0. The predicted octanol–water partition coefficient (Wildman–Crippen LogP) is 3.71. The van der Waals surface area contributed by atoms with Gasteiger partial charge in [-0.15, -0.1) is 0 Å². The summed E-state index contributed by atoms with van der Waals surface area (Å²) in [5, 5.41) is 21.9. The molecule has 10 nitrogen and oxygen atoms in total. The van der Waals surface area contributed by atoms with Crippen molar-refractivity contribution in [2.75, 3.05) is 39.7 Å². The Bertz CT molecular complexity index is 994. The van der Waals surface area contributed by atoms with Crippen molar-refractivity contribution in [2.24, 2.45) is 0 Å². The number of hydrogen-bond acceptors (Lipinski definition) is 6. The Hall–Kier alpha value is -2.77. The predicted molar refractivity (Wildman–Crippen MR) is 128 cm³/mol. The average molecular weight is 555 g/mol. The molecule has 0 aliphatic carbocycles. The number of nitrogens with one attached hydrogen (secondary N) is 2. The molecule has 3 rings (SSSR count). The molecule has 1 aliphatic heterocycles. The van der Waals surface area contributed by atoms with Crippen LogP contribution in [0.3, 0.4) is 0 Å². The van der Waals surface area contributed by atoms with Crippen LogP contribution in [0.25, 0.3) is 0 Å². The molecule has 4 N–H and O–H groups in total. The number of para-hydroxylation sites is 1. The Morgan fingerprint density at radius 1 is 1.09 bits per heavy atom. The van der Waals surface area contributed by atoms with Crippen LogP contribution in [-0.4, -0.2) is 53.4 Å². The normalized spacial score (nSPS) is 13.8. The van der Waals surface area contributed by atoms with Gasteiger partial charge < -0.3 is 15.1 Å². The monoisotopic (exact) mass is 555 g/mol. The van der Waals surface area contributed by atoms with Crippen molar-refractivity contribution in [3.05, 3.63) is 53.6 Å². The fourth-order valence-corrected chi connectivity index (χ4v) is 4.24. The molecular formula is C21H26IN5O5. The summed E-state index contributed by atoms with van der Waals surface area (Å²) < 4.78 is 12.0. The van der Waals surface area contributed by atoms with E-state index in [0.29, 0.717) is 35.1 Å². The SMILES string of the molecule is CC(C)c1ccccc1NC(=O)N1CCN(c2ccc(C(=O)NO)cc2N(O)I=O)CC1. The van der Waals surface area contributed by atoms with Crippen LogP contribution < -0.4 is 19.0 Å². The van der Waals surface area contributed by atoms with E-state index in [1.165, 1.54) is 12.1 Å². The van der Waals surface area contributed by atoms with E-state index in [9.17, 15) is 17.9 Å². The standard InChI is InChI=1S/C21H26IN5O5/c1-14(2)16-5-3-4-6-17(16)23-21(29)26-11-9-25(10-12-26)18-8-7-15(20(28)24-31)13-19(18)27(32)22-30/h3-8,13-14,31-32H,9-12H2,1-2H3,(H,23,29)(H,24,28). The second-order valence-electron chi connectivity index (χ2n) is 7.62. The highest BCUT2D eigenvalue weighted by molar-refractivity contribution is 14.1. The van der Waals surface area contributed by atoms with E-state index in [2.05, 4.69) is 19.2 Å². The molecule has 0 unspecified atom stereocenters. The first-order valence-corrected chi connectivity index (χ1v) is 11.9. The van der Waals surface area contributed by atoms with Gasteiger partial charge in [0.25, 0.3) is 27.4 Å². The lowest BCUT2D eigenvalue weighted by Gasteiger charge is -2.37. The fraction of sp³-hybridized carbons (Fsp3) is 0.333. The Balaban J connectivity index is 1.71. The minimum Gasteiger partial charge on any atom is -0.366 e. The van der Waals surface area contributed by atoms with Crippen LogP contribution >= 0.6 is 21.5 Å². The van der Waals surface area contributed by atoms with Gasteiger partial charge in [0.1, 0.15) is 5.69 Å². The van der Waals surface area contributed by atoms with E-state index in [1.54, 1.807) is 16.4 Å². The third-order valence-corrected chi connectivity index (χ3v) is 6.23. The van der Waals surface area contributed by atoms with Gasteiger partial charge in [-0.2, -0.15) is 3.28 Å². The van der Waals surface area contributed by atoms with Crippen LogP contribution in [0.2, 0.25) is 0 Å². The number of nitrogens with zero attached hydrogens (tertiary/aromatic N) is 3. The number of carbonyl (C=O) groups excluding carboxylic acids is 2. The molecule has 2 aromatic rings. The van der Waals surface area contributed by atoms with Crippen molar-refractivity contribution >= 4 is 50.5 Å². The highest BCUT2D eigenvalue weighted by Crippen LogP contribution is 2.33. The molecule has 1 fully saturated rings. The molecule has 1 saturated heterocycles. The van der Waals surface area contributed by atoms with Crippen molar-refractivity contribution in [3.8, 4) is 0 Å². The Kier molecular flexibility index (Phi) is 7.99. The topological polar surface area (TPSA) is 125 Å². The van der Waals surface area contributed by atoms with Crippen molar-refractivity contribution in [3.63, 3.8) is 0 Å². The lowest BCUT2D eigenvalue weighted by atomic mass is 10.0. The molecule has 3 amide bonds. The Labute approximate surface area is 196 Å². The summed E-state index contributed by atoms with van der Waals surface area (Å²) in [4.78, 5) is 28.2. The molecular weight excluding hydrogens is 529 g/mol. The number of hydrogen-bond donors (Lipinski definition) is 4. The average Bonchev–Trinajstić information content (AvgIpc) is 2.82. The van der Waals surface area contributed by atoms with E-state index in [-0.39, 0.29) is 23.2 Å². The molecule has 11 heteroatoms. The summed E-state index contributed by atoms with van der Waals surface area (Å²) in [6.07, 6.45) is 0. The van der Waals surface area contributed by atoms with Crippen molar-refractivity contribution in [1.82, 2.24) is 10.4 Å². The van der Waals surface area contributed by atoms with E-state index in [1.807, 2.05) is 29.2 Å². The second-order valence-corrected chi connectivity index (χ2v) is 8.93. The quantitative estimate of drug-likeness (QED) is 0.185. The largest absolute Gasteiger partial charge is 0.366 e. The smallest absolute Gasteiger partial charge is 0.321 e. The van der Waals surface area contributed by atoms with Crippen molar-refractivity contribution in [1.29, 1.82) is 0 Å². The molecule has 32 heavy (non-hydrogen) atoms. The number of hydroxylamine groups is 1. The first-order chi connectivity index (χ1) is 15.3. The van der Waals surface area contributed by atoms with Gasteiger partial charge in [-0.05, 0) is 35.7 Å². The number of halogens is 1. The number of urea groups is 1. The Morgan fingerprint density at radius 2 is 1.78 bits per heavy atom. The van der Waals surface area contributed by atoms with E-state index in [4.69, 9.17) is 5.21 Å². The molecule has 0 bridgehead atoms. The fourth-order valence-electron chi connectivity index (χ4n) is 3.64. The third-order valence-electron chi connectivity index (χ3n) is 5.34. The van der Waals surface area contributed by atoms with Crippen LogP contribution in [0.1, 0.15) is 35.7 Å². The first-order valence-electron chi connectivity index (χ1n) is 10.1. The number of piperazine rings is 1. The maximum absolute atomic E-state index is 12.8. The molecule has 1 aliphatic rings. The van der Waals surface area contributed by atoms with Gasteiger partial charge in [-0.25, -0.2) is 13.3 Å². The first kappa shape index (κ1) is 23.9. The summed E-state index contributed by atoms with van der Waals surface area (Å²) in [5.41, 5.74) is 4.31. The van der Waals surface area contributed by atoms with Crippen LogP contribution in [0, 0.1) is 0 Å². The zero-order valence-electron chi connectivity index (χ0n) is 17.8. The van der Waals surface area contributed by atoms with Gasteiger partial charge in [-0.1, -0.05) is 32.0 Å². The van der Waals surface area contributed by atoms with Gasteiger partial charge in [-0.3, -0.25) is 15.2 Å². The van der Waals surface area contributed by atoms with Gasteiger partial charge in [0, 0.05) is 37.4 Å². The zero-order chi connectivity index (χ0) is 23.3. The lowest BCUT2D eigenvalue weighted by molar-refractivity contribution is 0.0706. The number of anilines is 3. The van der Waals surface area contributed by atoms with Crippen LogP contribution in [-0.2, 0) is 3.07 Å². The number of rotatable bonds is 6. The van der Waals surface area contributed by atoms with E-state index < -0.39 is 27.4 Å². The molecule has 0 saturated carbocycles. The Morgan fingerprint density at radius 3 is 2.41 bits per heavy atom. The highest BCUT2D eigenvalue weighted by atomic mass is 127. The molecule has 1 heterocycles. The molecule has 2 aromatic carbocycles. The highest BCUT2D eigenvalue weighted by Gasteiger charge is 2.25. The van der Waals surface area contributed by atoms with E-state index in [0.717, 1.165) is 11.3 Å². The van der Waals surface area contributed by atoms with Crippen LogP contribution in [0.15, 0.2) is 42.5 Å². The zero-order valence-corrected chi connectivity index (χ0v) is 19.9. The van der Waals surface area contributed by atoms with E-state index >= 15 is 0 Å². The minimum absolute atomic E-state index is 0.115. The maximum Gasteiger partial charge on any atom is 0.321 e. The number of benzene rings is 2. The van der Waals surface area contributed by atoms with Crippen LogP contribution in [0.4, 0.5) is 21.9 Å². The van der Waals surface area contributed by atoms with Crippen LogP contribution in [0.5, 0.6) is 0 Å². The molecule has 0 atom stereocenters. The molecule has 0 spiro atoms. The summed E-state index contributed by atoms with van der Waals surface area (Å²) in [7, 11) is 0. The van der Waals surface area contributed by atoms with Gasteiger partial charge >= 0.3 is 6.03 Å². The summed E-state index contributed by atoms with van der Waals surface area (Å²) >= 11 is -1.92. The summed E-state index contributed by atoms with van der Waals surface area (Å²) in [5.74, 6) is -0.457. The second kappa shape index (κ2) is 10.7. The molecule has 172 valence electrons. The lowest BCUT2D eigenvalue weighted by Crippen LogP contribution is -2.50. The summed E-state index contributed by atoms with van der Waals surface area (Å²) in [6.45, 7) is 6.03. The molecule has 0 aromatic heterocycles. The van der Waals surface area contributed by atoms with Crippen molar-refractivity contribution < 1.29 is 23.1 Å². The van der Waals surface area contributed by atoms with Gasteiger partial charge in [0.05, 0.1) is 5.69 Å². The minimum atomic E-state index is -1.92. The molecule has 0 radical (unpaired) electrons. The number of amides is 3. The third kappa shape index (κ3) is 5.34. The maximum atomic E-state index is 12.8.